The van der Waals surface area contributed by atoms with E-state index in [-0.39, 0.29) is 22.8 Å². The molecule has 5 aromatic rings. The number of anilines is 3. The van der Waals surface area contributed by atoms with E-state index in [2.05, 4.69) is 36.5 Å². The number of alkyl halides is 2. The van der Waals surface area contributed by atoms with E-state index in [0.717, 1.165) is 48.3 Å². The van der Waals surface area contributed by atoms with Gasteiger partial charge in [0, 0.05) is 57.1 Å². The number of aromatic amines is 1. The first-order valence-corrected chi connectivity index (χ1v) is 18.0. The van der Waals surface area contributed by atoms with Gasteiger partial charge in [-0.1, -0.05) is 12.1 Å². The van der Waals surface area contributed by atoms with Gasteiger partial charge in [-0.05, 0) is 76.4 Å². The monoisotopic (exact) mass is 747 g/mol. The van der Waals surface area contributed by atoms with E-state index in [9.17, 15) is 18.4 Å². The summed E-state index contributed by atoms with van der Waals surface area (Å²) in [4.78, 5) is 43.6. The quantitative estimate of drug-likeness (QED) is 0.193. The molecule has 1 spiro atoms. The third-order valence-corrected chi connectivity index (χ3v) is 9.60. The van der Waals surface area contributed by atoms with E-state index < -0.39 is 12.2 Å². The van der Waals surface area contributed by atoms with Gasteiger partial charge < -0.3 is 38.3 Å². The lowest BCUT2D eigenvalue weighted by Gasteiger charge is -2.53. The van der Waals surface area contributed by atoms with Crippen molar-refractivity contribution in [2.24, 2.45) is 0 Å². The number of pyridine rings is 2. The van der Waals surface area contributed by atoms with Crippen molar-refractivity contribution in [2.45, 2.75) is 64.2 Å². The number of morpholine rings is 1. The molecule has 15 heteroatoms. The molecule has 0 radical (unpaired) electrons. The van der Waals surface area contributed by atoms with E-state index in [1.54, 1.807) is 12.4 Å². The fourth-order valence-electron chi connectivity index (χ4n) is 6.58. The number of halogens is 2. The molecule has 1 atom stereocenters. The molecule has 3 aliphatic heterocycles. The summed E-state index contributed by atoms with van der Waals surface area (Å²) < 4.78 is 47.9. The first-order valence-electron chi connectivity index (χ1n) is 18.0. The predicted molar refractivity (Wildman–Crippen MR) is 204 cm³/mol. The Morgan fingerprint density at radius 1 is 1.06 bits per heavy atom. The average molecular weight is 748 g/mol. The van der Waals surface area contributed by atoms with Gasteiger partial charge in [-0.15, -0.1) is 0 Å². The molecule has 0 bridgehead atoms. The largest absolute Gasteiger partial charge is 0.462 e. The number of hydrogen-bond donors (Lipinski definition) is 1. The summed E-state index contributed by atoms with van der Waals surface area (Å²) in [6.45, 7) is 12.1. The van der Waals surface area contributed by atoms with Crippen molar-refractivity contribution in [2.75, 3.05) is 68.2 Å². The Kier molecular flexibility index (Phi) is 11.5. The van der Waals surface area contributed by atoms with Crippen molar-refractivity contribution in [3.05, 3.63) is 71.0 Å². The predicted octanol–water partition coefficient (Wildman–Crippen LogP) is 6.37. The van der Waals surface area contributed by atoms with Gasteiger partial charge in [-0.3, -0.25) is 9.59 Å². The number of para-hydroxylation sites is 1. The molecule has 1 aromatic carbocycles. The van der Waals surface area contributed by atoms with Crippen LogP contribution in [0.4, 0.5) is 26.1 Å². The minimum absolute atomic E-state index is 0.0797. The zero-order chi connectivity index (χ0) is 38.6. The van der Waals surface area contributed by atoms with Crippen molar-refractivity contribution in [3.8, 4) is 11.1 Å². The van der Waals surface area contributed by atoms with Gasteiger partial charge in [-0.25, -0.2) is 23.7 Å². The van der Waals surface area contributed by atoms with Gasteiger partial charge in [0.2, 0.25) is 0 Å². The van der Waals surface area contributed by atoms with Gasteiger partial charge in [0.05, 0.1) is 25.9 Å². The molecule has 0 saturated carbocycles. The van der Waals surface area contributed by atoms with Crippen molar-refractivity contribution in [1.29, 1.82) is 0 Å². The third kappa shape index (κ3) is 8.31. The van der Waals surface area contributed by atoms with Crippen LogP contribution in [0.1, 0.15) is 52.8 Å². The zero-order valence-electron chi connectivity index (χ0n) is 31.5. The first-order chi connectivity index (χ1) is 25.8. The van der Waals surface area contributed by atoms with Crippen LogP contribution in [0.2, 0.25) is 0 Å². The molecule has 8 rings (SSSR count). The number of furan rings is 1. The summed E-state index contributed by atoms with van der Waals surface area (Å²) in [6.07, 6.45) is 2.93. The average Bonchev–Trinajstić information content (AvgIpc) is 3.80. The normalized spacial score (nSPS) is 17.8. The van der Waals surface area contributed by atoms with Gasteiger partial charge in [0.15, 0.2) is 17.2 Å². The summed E-state index contributed by atoms with van der Waals surface area (Å²) in [5.41, 5.74) is 3.57. The fraction of sp³-hybridized carbons (Fsp3) is 0.462. The summed E-state index contributed by atoms with van der Waals surface area (Å²) in [5, 5.41) is 0.747. The molecule has 3 aliphatic rings. The Bertz CT molecular complexity index is 2120. The van der Waals surface area contributed by atoms with Crippen LogP contribution in [0, 0.1) is 0 Å². The van der Waals surface area contributed by atoms with Crippen molar-refractivity contribution in [1.82, 2.24) is 19.9 Å². The number of carbonyl (C=O) groups excluding carboxylic acids is 1. The van der Waals surface area contributed by atoms with E-state index in [0.29, 0.717) is 61.0 Å². The molecule has 1 unspecified atom stereocenters. The molecular formula is C39H47F2N7O6. The molecule has 288 valence electrons. The highest BCUT2D eigenvalue weighted by atomic mass is 19.3. The SMILES string of the molecule is CC(C)(C)OC=O.CC1N(c2cc(-c3ccnc(N(C)C)c3)c[nH]c2=O)CCOC12COC2.FC(F)c1nc(N2CCCC2)c2oc3ccccc3c2n1. The Morgan fingerprint density at radius 3 is 2.43 bits per heavy atom. The Hall–Kier alpha value is -5.15. The maximum Gasteiger partial charge on any atom is 0.297 e. The van der Waals surface area contributed by atoms with Gasteiger partial charge in [0.25, 0.3) is 18.5 Å². The van der Waals surface area contributed by atoms with Crippen LogP contribution in [0.5, 0.6) is 0 Å². The first kappa shape index (κ1) is 38.6. The van der Waals surface area contributed by atoms with Crippen LogP contribution in [0.15, 0.2) is 64.1 Å². The number of nitrogens with one attached hydrogen (secondary N) is 1. The molecule has 3 saturated heterocycles. The van der Waals surface area contributed by atoms with Gasteiger partial charge in [-0.2, -0.15) is 0 Å². The molecule has 4 aromatic heterocycles. The topological polar surface area (TPSA) is 139 Å². The minimum Gasteiger partial charge on any atom is -0.462 e. The van der Waals surface area contributed by atoms with E-state index in [1.807, 2.05) is 87.1 Å². The number of nitrogens with zero attached hydrogens (tertiary/aromatic N) is 6. The number of hydrogen-bond acceptors (Lipinski definition) is 12. The number of ether oxygens (including phenoxy) is 3. The van der Waals surface area contributed by atoms with Crippen LogP contribution < -0.4 is 20.3 Å². The summed E-state index contributed by atoms with van der Waals surface area (Å²) in [5.74, 6) is 0.931. The van der Waals surface area contributed by atoms with Crippen LogP contribution >= 0.6 is 0 Å². The number of benzene rings is 1. The third-order valence-electron chi connectivity index (χ3n) is 9.60. The molecular weight excluding hydrogens is 700 g/mol. The van der Waals surface area contributed by atoms with Crippen LogP contribution in [-0.2, 0) is 19.0 Å². The lowest BCUT2D eigenvalue weighted by molar-refractivity contribution is -0.228. The number of H-pyrrole nitrogens is 1. The summed E-state index contributed by atoms with van der Waals surface area (Å²) in [6, 6.07) is 13.3. The second kappa shape index (κ2) is 16.1. The number of rotatable bonds is 6. The van der Waals surface area contributed by atoms with Crippen molar-refractivity contribution >= 4 is 45.9 Å². The van der Waals surface area contributed by atoms with Gasteiger partial charge in [0.1, 0.15) is 33.8 Å². The van der Waals surface area contributed by atoms with E-state index in [4.69, 9.17) is 13.9 Å². The lowest BCUT2D eigenvalue weighted by Crippen LogP contribution is -2.68. The smallest absolute Gasteiger partial charge is 0.297 e. The van der Waals surface area contributed by atoms with Crippen LogP contribution in [0.25, 0.3) is 33.2 Å². The second-order valence-corrected chi connectivity index (χ2v) is 14.7. The molecule has 54 heavy (non-hydrogen) atoms. The standard InChI is InChI=1S/C19H24N4O3.C15H13F2N3O.C5H10O2/c1-13-19(11-25-12-19)26-7-6-23(13)16-8-15(10-21-18(16)24)14-4-5-20-17(9-14)22(2)3;16-13(17)14-18-11-9-5-1-2-6-10(9)21-12(11)15(19-14)20-7-3-4-8-20;1-5(2,3)7-4-6/h4-5,8-10,13H,6-7,11-12H2,1-3H3,(H,21,24);1-2,5-6,13H,3-4,7-8H2;4H,1-3H3. The highest BCUT2D eigenvalue weighted by Crippen LogP contribution is 2.37. The Balaban J connectivity index is 0.000000159. The van der Waals surface area contributed by atoms with Crippen molar-refractivity contribution < 1.29 is 32.2 Å². The van der Waals surface area contributed by atoms with E-state index in [1.165, 1.54) is 0 Å². The Labute approximate surface area is 312 Å². The molecule has 0 amide bonds. The molecule has 3 fully saturated rings. The fourth-order valence-corrected chi connectivity index (χ4v) is 6.58. The van der Waals surface area contributed by atoms with Gasteiger partial charge >= 0.3 is 0 Å². The second-order valence-electron chi connectivity index (χ2n) is 14.7. The maximum atomic E-state index is 13.1. The number of fused-ring (bicyclic) bond motifs is 3. The van der Waals surface area contributed by atoms with Crippen molar-refractivity contribution in [3.63, 3.8) is 0 Å². The summed E-state index contributed by atoms with van der Waals surface area (Å²) in [7, 11) is 3.92. The molecule has 0 aliphatic carbocycles. The number of carbonyl (C=O) groups is 1. The lowest BCUT2D eigenvalue weighted by atomic mass is 9.90. The minimum atomic E-state index is -2.69. The Morgan fingerprint density at radius 2 is 1.80 bits per heavy atom. The highest BCUT2D eigenvalue weighted by Gasteiger charge is 2.50. The number of aromatic nitrogens is 4. The molecule has 7 heterocycles. The van der Waals surface area contributed by atoms with E-state index >= 15 is 0 Å². The van der Waals surface area contributed by atoms with Crippen LogP contribution in [-0.4, -0.2) is 97.2 Å². The zero-order valence-corrected chi connectivity index (χ0v) is 31.5. The summed E-state index contributed by atoms with van der Waals surface area (Å²) >= 11 is 0. The maximum absolute atomic E-state index is 13.1. The molecule has 1 N–H and O–H groups in total. The van der Waals surface area contributed by atoms with Crippen LogP contribution in [0.3, 0.4) is 0 Å². The highest BCUT2D eigenvalue weighted by molar-refractivity contribution is 6.05. The molecule has 13 nitrogen and oxygen atoms in total.